The highest BCUT2D eigenvalue weighted by molar-refractivity contribution is 5.83. The van der Waals surface area contributed by atoms with Crippen LogP contribution in [0, 0.1) is 6.92 Å². The van der Waals surface area contributed by atoms with Crippen LogP contribution < -0.4 is 0 Å². The van der Waals surface area contributed by atoms with E-state index in [-0.39, 0.29) is 5.82 Å². The number of hydrogen-bond acceptors (Lipinski definition) is 5. The molecule has 2 aromatic heterocycles. The second-order valence-electron chi connectivity index (χ2n) is 2.89. The van der Waals surface area contributed by atoms with E-state index in [1.807, 2.05) is 0 Å². The number of aromatic nitrogens is 3. The molecule has 0 aliphatic rings. The highest BCUT2D eigenvalue weighted by Crippen LogP contribution is 2.15. The Bertz CT molecular complexity index is 490. The fourth-order valence-corrected chi connectivity index (χ4v) is 1.04. The third-order valence-electron chi connectivity index (χ3n) is 1.71. The monoisotopic (exact) mass is 205 g/mol. The van der Waals surface area contributed by atoms with Gasteiger partial charge in [0, 0.05) is 12.4 Å². The van der Waals surface area contributed by atoms with Crippen LogP contribution in [0.4, 0.5) is 0 Å². The summed E-state index contributed by atoms with van der Waals surface area (Å²) < 4.78 is 5.11. The van der Waals surface area contributed by atoms with Gasteiger partial charge in [0.1, 0.15) is 6.26 Å². The Kier molecular flexibility index (Phi) is 2.17. The Morgan fingerprint density at radius 1 is 1.40 bits per heavy atom. The van der Waals surface area contributed by atoms with Crippen LogP contribution in [0.1, 0.15) is 16.3 Å². The standard InChI is InChI=1S/C9H7N3O3/c1-5-4-15-8(12-5)6-2-10-7(9(13)14)11-3-6/h2-4H,1H3,(H,13,14). The molecule has 76 valence electrons. The Balaban J connectivity index is 2.35. The van der Waals surface area contributed by atoms with Crippen LogP contribution >= 0.6 is 0 Å². The molecule has 6 heteroatoms. The molecule has 2 aromatic rings. The molecule has 0 aliphatic carbocycles. The van der Waals surface area contributed by atoms with E-state index in [0.29, 0.717) is 11.5 Å². The lowest BCUT2D eigenvalue weighted by Crippen LogP contribution is -2.03. The van der Waals surface area contributed by atoms with Gasteiger partial charge in [0.25, 0.3) is 0 Å². The summed E-state index contributed by atoms with van der Waals surface area (Å²) >= 11 is 0. The highest BCUT2D eigenvalue weighted by atomic mass is 16.4. The molecule has 0 spiro atoms. The zero-order chi connectivity index (χ0) is 10.8. The van der Waals surface area contributed by atoms with Gasteiger partial charge in [-0.15, -0.1) is 0 Å². The van der Waals surface area contributed by atoms with E-state index in [1.54, 1.807) is 6.92 Å². The molecule has 0 unspecified atom stereocenters. The van der Waals surface area contributed by atoms with E-state index in [4.69, 9.17) is 9.52 Å². The number of nitrogens with zero attached hydrogens (tertiary/aromatic N) is 3. The largest absolute Gasteiger partial charge is 0.475 e. The Morgan fingerprint density at radius 3 is 2.53 bits per heavy atom. The first-order valence-electron chi connectivity index (χ1n) is 4.14. The predicted octanol–water partition coefficient (Wildman–Crippen LogP) is 1.14. The van der Waals surface area contributed by atoms with Gasteiger partial charge in [-0.1, -0.05) is 0 Å². The Hall–Kier alpha value is -2.24. The average molecular weight is 205 g/mol. The van der Waals surface area contributed by atoms with E-state index in [2.05, 4.69) is 15.0 Å². The summed E-state index contributed by atoms with van der Waals surface area (Å²) in [5.41, 5.74) is 1.29. The van der Waals surface area contributed by atoms with Gasteiger partial charge in [0.05, 0.1) is 11.3 Å². The van der Waals surface area contributed by atoms with E-state index < -0.39 is 5.97 Å². The molecule has 0 fully saturated rings. The van der Waals surface area contributed by atoms with Crippen molar-refractivity contribution in [2.45, 2.75) is 6.92 Å². The molecular formula is C9H7N3O3. The van der Waals surface area contributed by atoms with Crippen LogP contribution in [0.25, 0.3) is 11.5 Å². The summed E-state index contributed by atoms with van der Waals surface area (Å²) in [5.74, 6) is -1.03. The lowest BCUT2D eigenvalue weighted by molar-refractivity contribution is 0.0683. The SMILES string of the molecule is Cc1coc(-c2cnc(C(=O)O)nc2)n1. The summed E-state index contributed by atoms with van der Waals surface area (Å²) in [6.45, 7) is 1.79. The molecule has 0 saturated carbocycles. The number of carbonyl (C=O) groups is 1. The number of carboxylic acids is 1. The molecule has 0 bridgehead atoms. The fraction of sp³-hybridized carbons (Fsp3) is 0.111. The highest BCUT2D eigenvalue weighted by Gasteiger charge is 2.09. The normalized spacial score (nSPS) is 10.2. The van der Waals surface area contributed by atoms with Crippen molar-refractivity contribution in [2.75, 3.05) is 0 Å². The lowest BCUT2D eigenvalue weighted by atomic mass is 10.3. The molecule has 0 radical (unpaired) electrons. The minimum Gasteiger partial charge on any atom is -0.475 e. The molecular weight excluding hydrogens is 198 g/mol. The van der Waals surface area contributed by atoms with E-state index in [0.717, 1.165) is 5.69 Å². The van der Waals surface area contributed by atoms with Crippen LogP contribution in [0.3, 0.4) is 0 Å². The van der Waals surface area contributed by atoms with Crippen molar-refractivity contribution in [1.82, 2.24) is 15.0 Å². The van der Waals surface area contributed by atoms with Crippen molar-refractivity contribution in [3.63, 3.8) is 0 Å². The topological polar surface area (TPSA) is 89.1 Å². The van der Waals surface area contributed by atoms with Crippen molar-refractivity contribution in [3.05, 3.63) is 30.2 Å². The molecule has 2 heterocycles. The molecule has 6 nitrogen and oxygen atoms in total. The third kappa shape index (κ3) is 1.83. The smallest absolute Gasteiger partial charge is 0.373 e. The van der Waals surface area contributed by atoms with Gasteiger partial charge in [-0.05, 0) is 6.92 Å². The number of carboxylic acid groups (broad SMARTS) is 1. The minimum absolute atomic E-state index is 0.248. The van der Waals surface area contributed by atoms with Crippen LogP contribution in [0.2, 0.25) is 0 Å². The average Bonchev–Trinajstić information content (AvgIpc) is 2.65. The van der Waals surface area contributed by atoms with Crippen molar-refractivity contribution in [3.8, 4) is 11.5 Å². The number of aryl methyl sites for hydroxylation is 1. The third-order valence-corrected chi connectivity index (χ3v) is 1.71. The Morgan fingerprint density at radius 2 is 2.07 bits per heavy atom. The molecule has 0 amide bonds. The summed E-state index contributed by atoms with van der Waals surface area (Å²) in [4.78, 5) is 21.9. The zero-order valence-corrected chi connectivity index (χ0v) is 7.84. The molecule has 15 heavy (non-hydrogen) atoms. The zero-order valence-electron chi connectivity index (χ0n) is 7.84. The van der Waals surface area contributed by atoms with Gasteiger partial charge in [-0.3, -0.25) is 0 Å². The van der Waals surface area contributed by atoms with E-state index >= 15 is 0 Å². The molecule has 1 N–H and O–H groups in total. The maximum absolute atomic E-state index is 10.5. The first-order chi connectivity index (χ1) is 7.16. The quantitative estimate of drug-likeness (QED) is 0.790. The summed E-state index contributed by atoms with van der Waals surface area (Å²) in [7, 11) is 0. The molecule has 0 aromatic carbocycles. The lowest BCUT2D eigenvalue weighted by Gasteiger charge is -1.94. The van der Waals surface area contributed by atoms with Crippen molar-refractivity contribution < 1.29 is 14.3 Å². The van der Waals surface area contributed by atoms with Crippen molar-refractivity contribution in [2.24, 2.45) is 0 Å². The van der Waals surface area contributed by atoms with Gasteiger partial charge in [0.2, 0.25) is 11.7 Å². The maximum Gasteiger partial charge on any atom is 0.373 e. The second-order valence-corrected chi connectivity index (χ2v) is 2.89. The summed E-state index contributed by atoms with van der Waals surface area (Å²) in [6, 6.07) is 0. The number of hydrogen-bond donors (Lipinski definition) is 1. The number of aromatic carboxylic acids is 1. The van der Waals surface area contributed by atoms with Crippen LogP contribution in [0.5, 0.6) is 0 Å². The van der Waals surface area contributed by atoms with Gasteiger partial charge in [0.15, 0.2) is 0 Å². The maximum atomic E-state index is 10.5. The first kappa shape index (κ1) is 9.32. The molecule has 0 atom stereocenters. The summed E-state index contributed by atoms with van der Waals surface area (Å²) in [6.07, 6.45) is 4.23. The van der Waals surface area contributed by atoms with Crippen LogP contribution in [-0.2, 0) is 0 Å². The number of rotatable bonds is 2. The minimum atomic E-state index is -1.16. The Labute approximate surface area is 84.6 Å². The van der Waals surface area contributed by atoms with E-state index in [9.17, 15) is 4.79 Å². The van der Waals surface area contributed by atoms with Gasteiger partial charge < -0.3 is 9.52 Å². The van der Waals surface area contributed by atoms with Gasteiger partial charge in [-0.25, -0.2) is 19.7 Å². The van der Waals surface area contributed by atoms with Crippen LogP contribution in [-0.4, -0.2) is 26.0 Å². The van der Waals surface area contributed by atoms with Crippen LogP contribution in [0.15, 0.2) is 23.1 Å². The second kappa shape index (κ2) is 3.49. The van der Waals surface area contributed by atoms with Gasteiger partial charge in [-0.2, -0.15) is 0 Å². The fourth-order valence-electron chi connectivity index (χ4n) is 1.04. The summed E-state index contributed by atoms with van der Waals surface area (Å²) in [5, 5.41) is 8.59. The predicted molar refractivity (Wildman–Crippen MR) is 49.2 cm³/mol. The van der Waals surface area contributed by atoms with Crippen molar-refractivity contribution >= 4 is 5.97 Å². The molecule has 2 rings (SSSR count). The first-order valence-corrected chi connectivity index (χ1v) is 4.14. The number of oxazole rings is 1. The van der Waals surface area contributed by atoms with E-state index in [1.165, 1.54) is 18.7 Å². The molecule has 0 aliphatic heterocycles. The van der Waals surface area contributed by atoms with Crippen molar-refractivity contribution in [1.29, 1.82) is 0 Å². The van der Waals surface area contributed by atoms with Gasteiger partial charge >= 0.3 is 5.97 Å². The molecule has 0 saturated heterocycles.